The van der Waals surface area contributed by atoms with Crippen molar-refractivity contribution in [2.45, 2.75) is 126 Å². The van der Waals surface area contributed by atoms with Crippen LogP contribution in [0.3, 0.4) is 0 Å². The number of carbonyl (C=O) groups is 4. The number of sulfonamides is 1. The second kappa shape index (κ2) is 14.9. The van der Waals surface area contributed by atoms with Crippen LogP contribution in [0.15, 0.2) is 36.5 Å². The van der Waals surface area contributed by atoms with Crippen LogP contribution in [0.4, 0.5) is 18.0 Å². The standard InChI is InChI=1S/C40H50F3N5O9S/c1-22-8-6-7-9-25-20-39(25,35(51)47-58(53,54)38(5)14-15-38)46-32(49)29-19-26(56-33-28-11-10-24-13-17-55-31(24)27(28)12-16-44-33)21-48(29)34(50)30(23(2)18-22)45-36(52)57-37(3,4)40(41,42)43/h7,9-12,16,22-23,25-26,29-30H,6,8,13-15,17-21H2,1-5H3,(H,45,52)(H,46,49)(H,47,51). The summed E-state index contributed by atoms with van der Waals surface area (Å²) in [6, 6.07) is 2.83. The van der Waals surface area contributed by atoms with Gasteiger partial charge >= 0.3 is 12.3 Å². The van der Waals surface area contributed by atoms with Gasteiger partial charge in [-0.1, -0.05) is 32.1 Å². The summed E-state index contributed by atoms with van der Waals surface area (Å²) in [6.07, 6.45) is 1.03. The Morgan fingerprint density at radius 1 is 1.09 bits per heavy atom. The summed E-state index contributed by atoms with van der Waals surface area (Å²) in [6.45, 7) is 6.90. The molecule has 58 heavy (non-hydrogen) atoms. The molecule has 3 fully saturated rings. The van der Waals surface area contributed by atoms with Crippen molar-refractivity contribution < 1.29 is 55.0 Å². The van der Waals surface area contributed by atoms with Crippen LogP contribution in [0, 0.1) is 17.8 Å². The van der Waals surface area contributed by atoms with Crippen LogP contribution in [-0.2, 0) is 35.6 Å². The number of benzene rings is 1. The van der Waals surface area contributed by atoms with E-state index in [-0.39, 0.29) is 31.2 Å². The number of alkyl carbamates (subject to hydrolysis) is 1. The number of ether oxygens (including phenoxy) is 3. The number of carbonyl (C=O) groups excluding carboxylic acids is 4. The monoisotopic (exact) mass is 833 g/mol. The Hall–Kier alpha value is -4.61. The van der Waals surface area contributed by atoms with Crippen molar-refractivity contribution in [2.24, 2.45) is 17.8 Å². The molecule has 316 valence electrons. The first-order chi connectivity index (χ1) is 27.1. The van der Waals surface area contributed by atoms with E-state index in [1.807, 2.05) is 25.1 Å². The van der Waals surface area contributed by atoms with Crippen LogP contribution >= 0.6 is 0 Å². The van der Waals surface area contributed by atoms with E-state index in [4.69, 9.17) is 14.2 Å². The number of aromatic nitrogens is 1. The topological polar surface area (TPSA) is 182 Å². The van der Waals surface area contributed by atoms with Crippen molar-refractivity contribution in [1.29, 1.82) is 0 Å². The molecule has 3 N–H and O–H groups in total. The highest BCUT2D eigenvalue weighted by atomic mass is 32.2. The average molecular weight is 834 g/mol. The Morgan fingerprint density at radius 2 is 1.83 bits per heavy atom. The molecule has 0 spiro atoms. The molecule has 2 saturated carbocycles. The van der Waals surface area contributed by atoms with Gasteiger partial charge in [0.25, 0.3) is 5.91 Å². The number of rotatable bonds is 7. The highest BCUT2D eigenvalue weighted by Gasteiger charge is 2.63. The Balaban J connectivity index is 1.22. The highest BCUT2D eigenvalue weighted by molar-refractivity contribution is 7.91. The van der Waals surface area contributed by atoms with Crippen LogP contribution in [0.5, 0.6) is 11.6 Å². The lowest BCUT2D eigenvalue weighted by atomic mass is 9.88. The molecule has 4 heterocycles. The second-order valence-corrected chi connectivity index (χ2v) is 19.5. The van der Waals surface area contributed by atoms with E-state index in [2.05, 4.69) is 20.3 Å². The van der Waals surface area contributed by atoms with Crippen molar-refractivity contribution in [3.63, 3.8) is 0 Å². The number of hydrogen-bond acceptors (Lipinski definition) is 10. The maximum atomic E-state index is 14.8. The van der Waals surface area contributed by atoms with Crippen molar-refractivity contribution in [3.8, 4) is 11.6 Å². The summed E-state index contributed by atoms with van der Waals surface area (Å²) in [5.41, 5.74) is -3.49. The van der Waals surface area contributed by atoms with Crippen LogP contribution in [-0.4, -0.2) is 95.5 Å². The third-order valence-electron chi connectivity index (χ3n) is 12.4. The van der Waals surface area contributed by atoms with Crippen LogP contribution in [0.1, 0.15) is 85.1 Å². The highest BCUT2D eigenvalue weighted by Crippen LogP contribution is 2.48. The number of nitrogens with zero attached hydrogens (tertiary/aromatic N) is 2. The average Bonchev–Trinajstić information content (AvgIpc) is 3.91. The van der Waals surface area contributed by atoms with Crippen molar-refractivity contribution >= 4 is 44.6 Å². The molecule has 1 saturated heterocycles. The Bertz CT molecular complexity index is 2140. The Labute approximate surface area is 335 Å². The number of hydrogen-bond donors (Lipinski definition) is 3. The molecule has 0 bridgehead atoms. The fourth-order valence-electron chi connectivity index (χ4n) is 8.17. The van der Waals surface area contributed by atoms with Crippen LogP contribution in [0.25, 0.3) is 10.8 Å². The van der Waals surface area contributed by atoms with Crippen LogP contribution < -0.4 is 24.8 Å². The lowest BCUT2D eigenvalue weighted by molar-refractivity contribution is -0.244. The third-order valence-corrected chi connectivity index (χ3v) is 14.5. The van der Waals surface area contributed by atoms with E-state index in [0.29, 0.717) is 63.7 Å². The van der Waals surface area contributed by atoms with Crippen molar-refractivity contribution in [1.82, 2.24) is 25.2 Å². The summed E-state index contributed by atoms with van der Waals surface area (Å²) in [5.74, 6) is -2.71. The quantitative estimate of drug-likeness (QED) is 0.327. The fourth-order valence-corrected chi connectivity index (χ4v) is 9.48. The van der Waals surface area contributed by atoms with E-state index in [0.717, 1.165) is 17.4 Å². The molecule has 2 aromatic rings. The van der Waals surface area contributed by atoms with Gasteiger partial charge in [0.15, 0.2) is 0 Å². The lowest BCUT2D eigenvalue weighted by Crippen LogP contribution is -2.59. The van der Waals surface area contributed by atoms with Gasteiger partial charge in [0, 0.05) is 35.7 Å². The molecule has 7 atom stereocenters. The number of fused-ring (bicyclic) bond motifs is 5. The summed E-state index contributed by atoms with van der Waals surface area (Å²) >= 11 is 0. The first-order valence-corrected chi connectivity index (χ1v) is 21.3. The van der Waals surface area contributed by atoms with Gasteiger partial charge in [0.05, 0.1) is 17.9 Å². The zero-order valence-electron chi connectivity index (χ0n) is 33.1. The molecule has 14 nitrogen and oxygen atoms in total. The molecule has 1 aromatic carbocycles. The van der Waals surface area contributed by atoms with Crippen molar-refractivity contribution in [3.05, 3.63) is 42.1 Å². The van der Waals surface area contributed by atoms with Crippen molar-refractivity contribution in [2.75, 3.05) is 13.2 Å². The van der Waals surface area contributed by atoms with Gasteiger partial charge in [-0.15, -0.1) is 0 Å². The zero-order chi connectivity index (χ0) is 42.0. The molecule has 1 aromatic heterocycles. The first-order valence-electron chi connectivity index (χ1n) is 19.8. The number of pyridine rings is 1. The lowest BCUT2D eigenvalue weighted by Gasteiger charge is -2.34. The fraction of sp³-hybridized carbons (Fsp3) is 0.625. The van der Waals surface area contributed by atoms with E-state index in [1.165, 1.54) is 4.90 Å². The molecule has 5 aliphatic rings. The minimum Gasteiger partial charge on any atom is -0.492 e. The number of amides is 4. The van der Waals surface area contributed by atoms with E-state index in [1.54, 1.807) is 32.2 Å². The maximum absolute atomic E-state index is 14.8. The first kappa shape index (κ1) is 41.5. The SMILES string of the molecule is CC1CCC=CC2CC2(C(=O)NS(=O)(=O)C2(C)CC2)NC(=O)C2CC(Oc3nccc4c5c(ccc34)CCO5)CN2C(=O)C(NC(=O)OC(C)(C)C(F)(F)F)C(C)C1. The third kappa shape index (κ3) is 7.92. The predicted octanol–water partition coefficient (Wildman–Crippen LogP) is 4.84. The van der Waals surface area contributed by atoms with Gasteiger partial charge in [0.1, 0.15) is 29.5 Å². The molecule has 4 amide bonds. The largest absolute Gasteiger partial charge is 0.492 e. The van der Waals surface area contributed by atoms with Gasteiger partial charge in [-0.2, -0.15) is 13.2 Å². The van der Waals surface area contributed by atoms with Gasteiger partial charge in [-0.25, -0.2) is 18.2 Å². The molecular weight excluding hydrogens is 784 g/mol. The van der Waals surface area contributed by atoms with Gasteiger partial charge in [-0.3, -0.25) is 19.1 Å². The number of allylic oxidation sites excluding steroid dienone is 1. The molecule has 2 aliphatic carbocycles. The minimum atomic E-state index is -4.91. The molecular formula is C40H50F3N5O9S. The van der Waals surface area contributed by atoms with Gasteiger partial charge in [0.2, 0.25) is 33.3 Å². The van der Waals surface area contributed by atoms with E-state index < -0.39 is 85.9 Å². The number of nitrogens with one attached hydrogen (secondary N) is 3. The number of alkyl halides is 3. The molecule has 7 unspecified atom stereocenters. The summed E-state index contributed by atoms with van der Waals surface area (Å²) in [4.78, 5) is 62.0. The summed E-state index contributed by atoms with van der Waals surface area (Å²) in [5, 5.41) is 6.60. The van der Waals surface area contributed by atoms with Crippen LogP contribution in [0.2, 0.25) is 0 Å². The summed E-state index contributed by atoms with van der Waals surface area (Å²) < 4.78 is 85.8. The Kier molecular flexibility index (Phi) is 10.7. The normalized spacial score (nSPS) is 29.8. The predicted molar refractivity (Wildman–Crippen MR) is 204 cm³/mol. The smallest absolute Gasteiger partial charge is 0.427 e. The Morgan fingerprint density at radius 3 is 2.53 bits per heavy atom. The maximum Gasteiger partial charge on any atom is 0.427 e. The molecule has 7 rings (SSSR count). The molecule has 3 aliphatic heterocycles. The summed E-state index contributed by atoms with van der Waals surface area (Å²) in [7, 11) is -4.07. The second-order valence-electron chi connectivity index (χ2n) is 17.3. The molecule has 18 heteroatoms. The minimum absolute atomic E-state index is 0.0331. The van der Waals surface area contributed by atoms with E-state index in [9.17, 15) is 40.8 Å². The van der Waals surface area contributed by atoms with Gasteiger partial charge < -0.3 is 29.7 Å². The zero-order valence-corrected chi connectivity index (χ0v) is 33.9. The van der Waals surface area contributed by atoms with Gasteiger partial charge in [-0.05, 0) is 88.8 Å². The van der Waals surface area contributed by atoms with E-state index >= 15 is 0 Å². The number of halogens is 3. The molecule has 0 radical (unpaired) electrons.